The molecular weight excluding hydrogens is 210 g/mol. The van der Waals surface area contributed by atoms with Gasteiger partial charge < -0.3 is 10.0 Å². The van der Waals surface area contributed by atoms with Gasteiger partial charge in [0, 0.05) is 13.2 Å². The molecule has 0 aromatic heterocycles. The molecule has 0 aromatic rings. The number of aliphatic hydroxyl groups excluding tert-OH is 1. The first-order valence-electron chi connectivity index (χ1n) is 7.33. The summed E-state index contributed by atoms with van der Waals surface area (Å²) in [5.74, 6) is 0. The monoisotopic (exact) mass is 241 g/mol. The van der Waals surface area contributed by atoms with E-state index in [1.165, 1.54) is 38.5 Å². The van der Waals surface area contributed by atoms with Crippen molar-refractivity contribution in [2.75, 3.05) is 26.2 Å². The van der Waals surface area contributed by atoms with Gasteiger partial charge in [0.15, 0.2) is 0 Å². The van der Waals surface area contributed by atoms with E-state index in [1.54, 1.807) is 0 Å². The van der Waals surface area contributed by atoms with Crippen LogP contribution in [0.15, 0.2) is 12.2 Å². The number of likely N-dealkylation sites (N-methyl/N-ethyl adjacent to an activating group) is 1. The van der Waals surface area contributed by atoms with E-state index in [1.807, 2.05) is 0 Å². The zero-order chi connectivity index (χ0) is 12.8. The molecule has 0 fully saturated rings. The average molecular weight is 241 g/mol. The second kappa shape index (κ2) is 13.7. The van der Waals surface area contributed by atoms with E-state index in [0.29, 0.717) is 6.61 Å². The minimum atomic E-state index is 0.355. The Hall–Kier alpha value is -0.340. The first-order valence-corrected chi connectivity index (χ1v) is 7.33. The van der Waals surface area contributed by atoms with Crippen molar-refractivity contribution in [2.45, 2.75) is 58.8 Å². The molecule has 0 aliphatic rings. The Morgan fingerprint density at radius 2 is 1.41 bits per heavy atom. The van der Waals surface area contributed by atoms with Gasteiger partial charge in [-0.25, -0.2) is 0 Å². The molecule has 0 heterocycles. The van der Waals surface area contributed by atoms with Crippen LogP contribution >= 0.6 is 0 Å². The van der Waals surface area contributed by atoms with Gasteiger partial charge in [0.1, 0.15) is 0 Å². The van der Waals surface area contributed by atoms with E-state index < -0.39 is 0 Å². The molecule has 0 rings (SSSR count). The highest BCUT2D eigenvalue weighted by molar-refractivity contribution is 4.84. The third kappa shape index (κ3) is 11.9. The highest BCUT2D eigenvalue weighted by atomic mass is 16.2. The molecule has 0 unspecified atom stereocenters. The molecule has 2 nitrogen and oxygen atoms in total. The molecule has 1 N–H and O–H groups in total. The standard InChI is InChI=1S/C15H31NO/c1-3-16(4-2)14-12-10-8-6-5-7-9-11-13-15-17/h10,12,17H,3-9,11,13-15H2,1-2H3/b12-10-. The zero-order valence-electron chi connectivity index (χ0n) is 11.8. The number of hydrogen-bond donors (Lipinski definition) is 1. The molecular formula is C15H31NO. The summed E-state index contributed by atoms with van der Waals surface area (Å²) in [4.78, 5) is 2.42. The molecule has 0 atom stereocenters. The number of rotatable bonds is 12. The number of allylic oxidation sites excluding steroid dienone is 1. The predicted octanol–water partition coefficient (Wildman–Crippen LogP) is 3.61. The molecule has 0 saturated carbocycles. The topological polar surface area (TPSA) is 23.5 Å². The van der Waals surface area contributed by atoms with Crippen LogP contribution in [0.25, 0.3) is 0 Å². The van der Waals surface area contributed by atoms with Crippen LogP contribution in [-0.4, -0.2) is 36.2 Å². The van der Waals surface area contributed by atoms with Crippen LogP contribution in [0.1, 0.15) is 58.8 Å². The minimum Gasteiger partial charge on any atom is -0.396 e. The van der Waals surface area contributed by atoms with Gasteiger partial charge in [-0.2, -0.15) is 0 Å². The predicted molar refractivity (Wildman–Crippen MR) is 76.3 cm³/mol. The van der Waals surface area contributed by atoms with Gasteiger partial charge in [-0.3, -0.25) is 0 Å². The Bertz CT molecular complexity index is 164. The summed E-state index contributed by atoms with van der Waals surface area (Å²) >= 11 is 0. The normalized spacial score (nSPS) is 11.8. The highest BCUT2D eigenvalue weighted by Gasteiger charge is 1.93. The smallest absolute Gasteiger partial charge is 0.0431 e. The zero-order valence-corrected chi connectivity index (χ0v) is 11.8. The molecule has 0 saturated heterocycles. The lowest BCUT2D eigenvalue weighted by Gasteiger charge is -2.14. The fourth-order valence-electron chi connectivity index (χ4n) is 1.90. The first kappa shape index (κ1) is 16.7. The molecule has 0 spiro atoms. The van der Waals surface area contributed by atoms with Crippen LogP contribution in [-0.2, 0) is 0 Å². The van der Waals surface area contributed by atoms with Gasteiger partial charge in [0.2, 0.25) is 0 Å². The summed E-state index contributed by atoms with van der Waals surface area (Å²) in [6, 6.07) is 0. The van der Waals surface area contributed by atoms with Gasteiger partial charge in [-0.1, -0.05) is 51.7 Å². The second-order valence-corrected chi connectivity index (χ2v) is 4.59. The van der Waals surface area contributed by atoms with Crippen LogP contribution in [0.5, 0.6) is 0 Å². The fourth-order valence-corrected chi connectivity index (χ4v) is 1.90. The number of unbranched alkanes of at least 4 members (excludes halogenated alkanes) is 6. The first-order chi connectivity index (χ1) is 8.35. The minimum absolute atomic E-state index is 0.355. The van der Waals surface area contributed by atoms with Gasteiger partial charge in [-0.05, 0) is 32.4 Å². The van der Waals surface area contributed by atoms with Gasteiger partial charge >= 0.3 is 0 Å². The van der Waals surface area contributed by atoms with Crippen LogP contribution in [0, 0.1) is 0 Å². The summed E-state index contributed by atoms with van der Waals surface area (Å²) in [6.45, 7) is 8.17. The maximum absolute atomic E-state index is 8.64. The van der Waals surface area contributed by atoms with Crippen LogP contribution in [0.3, 0.4) is 0 Å². The Morgan fingerprint density at radius 1 is 0.824 bits per heavy atom. The van der Waals surface area contributed by atoms with Crippen molar-refractivity contribution in [1.82, 2.24) is 4.90 Å². The largest absolute Gasteiger partial charge is 0.396 e. The van der Waals surface area contributed by atoms with Gasteiger partial charge in [0.25, 0.3) is 0 Å². The lowest BCUT2D eigenvalue weighted by atomic mass is 10.1. The second-order valence-electron chi connectivity index (χ2n) is 4.59. The van der Waals surface area contributed by atoms with Crippen LogP contribution in [0.4, 0.5) is 0 Å². The van der Waals surface area contributed by atoms with Gasteiger partial charge in [-0.15, -0.1) is 0 Å². The molecule has 2 heteroatoms. The molecule has 0 aliphatic heterocycles. The third-order valence-corrected chi connectivity index (χ3v) is 3.20. The molecule has 0 bridgehead atoms. The Balaban J connectivity index is 3.19. The maximum Gasteiger partial charge on any atom is 0.0431 e. The van der Waals surface area contributed by atoms with Crippen molar-refractivity contribution in [2.24, 2.45) is 0 Å². The fraction of sp³-hybridized carbons (Fsp3) is 0.867. The number of hydrogen-bond acceptors (Lipinski definition) is 2. The van der Waals surface area contributed by atoms with Crippen molar-refractivity contribution in [1.29, 1.82) is 0 Å². The summed E-state index contributed by atoms with van der Waals surface area (Å²) in [7, 11) is 0. The number of aliphatic hydroxyl groups is 1. The number of nitrogens with zero attached hydrogens (tertiary/aromatic N) is 1. The van der Waals surface area contributed by atoms with E-state index >= 15 is 0 Å². The van der Waals surface area contributed by atoms with E-state index in [9.17, 15) is 0 Å². The Morgan fingerprint density at radius 3 is 2.00 bits per heavy atom. The van der Waals surface area contributed by atoms with Gasteiger partial charge in [0.05, 0.1) is 0 Å². The quantitative estimate of drug-likeness (QED) is 0.417. The van der Waals surface area contributed by atoms with E-state index in [4.69, 9.17) is 5.11 Å². The van der Waals surface area contributed by atoms with Crippen molar-refractivity contribution in [3.8, 4) is 0 Å². The molecule has 0 aromatic carbocycles. The summed E-state index contributed by atoms with van der Waals surface area (Å²) < 4.78 is 0. The maximum atomic E-state index is 8.64. The van der Waals surface area contributed by atoms with E-state index in [0.717, 1.165) is 26.1 Å². The lowest BCUT2D eigenvalue weighted by Crippen LogP contribution is -2.22. The SMILES string of the molecule is CCN(CC)C/C=C\CCCCCCCCO. The molecule has 17 heavy (non-hydrogen) atoms. The summed E-state index contributed by atoms with van der Waals surface area (Å²) in [6.07, 6.45) is 13.3. The molecule has 0 radical (unpaired) electrons. The van der Waals surface area contributed by atoms with Crippen molar-refractivity contribution in [3.63, 3.8) is 0 Å². The summed E-state index contributed by atoms with van der Waals surface area (Å²) in [5, 5.41) is 8.64. The molecule has 0 amide bonds. The average Bonchev–Trinajstić information content (AvgIpc) is 2.36. The summed E-state index contributed by atoms with van der Waals surface area (Å²) in [5.41, 5.74) is 0. The third-order valence-electron chi connectivity index (χ3n) is 3.20. The molecule has 0 aliphatic carbocycles. The Kier molecular flexibility index (Phi) is 13.4. The van der Waals surface area contributed by atoms with Crippen LogP contribution in [0.2, 0.25) is 0 Å². The van der Waals surface area contributed by atoms with Crippen LogP contribution < -0.4 is 0 Å². The highest BCUT2D eigenvalue weighted by Crippen LogP contribution is 2.07. The lowest BCUT2D eigenvalue weighted by molar-refractivity contribution is 0.282. The van der Waals surface area contributed by atoms with Crippen molar-refractivity contribution >= 4 is 0 Å². The van der Waals surface area contributed by atoms with Crippen molar-refractivity contribution in [3.05, 3.63) is 12.2 Å². The van der Waals surface area contributed by atoms with E-state index in [2.05, 4.69) is 30.9 Å². The van der Waals surface area contributed by atoms with E-state index in [-0.39, 0.29) is 0 Å². The molecule has 102 valence electrons. The van der Waals surface area contributed by atoms with Crippen molar-refractivity contribution < 1.29 is 5.11 Å². The Labute approximate surface area is 108 Å².